The average Bonchev–Trinajstić information content (AvgIpc) is 3.83. The molecule has 224 valence electrons. The topological polar surface area (TPSA) is 90.2 Å². The Morgan fingerprint density at radius 1 is 0.538 bits per heavy atom. The number of epoxide rings is 3. The lowest BCUT2D eigenvalue weighted by molar-refractivity contribution is -0.162. The van der Waals surface area contributed by atoms with Crippen molar-refractivity contribution in [2.75, 3.05) is 13.2 Å². The van der Waals surface area contributed by atoms with E-state index in [2.05, 4.69) is 13.8 Å². The number of carbonyl (C=O) groups excluding carboxylic acids is 2. The third-order valence-corrected chi connectivity index (χ3v) is 9.10. The number of rotatable bonds is 22. The van der Waals surface area contributed by atoms with Crippen LogP contribution in [0.2, 0.25) is 0 Å². The largest absolute Gasteiger partial charge is 0.465 e. The summed E-state index contributed by atoms with van der Waals surface area (Å²) >= 11 is 0. The molecule has 1 aliphatic carbocycles. The molecule has 0 radical (unpaired) electrons. The number of ether oxygens (including phenoxy) is 5. The monoisotopic (exact) mass is 550 g/mol. The van der Waals surface area contributed by atoms with E-state index in [1.807, 2.05) is 0 Å². The number of fused-ring (bicyclic) bond motifs is 1. The molecule has 0 amide bonds. The lowest BCUT2D eigenvalue weighted by Gasteiger charge is -2.26. The van der Waals surface area contributed by atoms with Crippen LogP contribution in [0.4, 0.5) is 0 Å². The quantitative estimate of drug-likeness (QED) is 0.0843. The van der Waals surface area contributed by atoms with Gasteiger partial charge in [0.05, 0.1) is 61.7 Å². The molecule has 3 saturated heterocycles. The molecule has 3 heterocycles. The Labute approximate surface area is 236 Å². The van der Waals surface area contributed by atoms with Crippen molar-refractivity contribution in [2.45, 2.75) is 166 Å². The third kappa shape index (κ3) is 10.6. The Morgan fingerprint density at radius 3 is 1.36 bits per heavy atom. The summed E-state index contributed by atoms with van der Waals surface area (Å²) in [5, 5.41) is 0. The fourth-order valence-electron chi connectivity index (χ4n) is 6.34. The molecular formula is C32H54O7. The number of esters is 2. The summed E-state index contributed by atoms with van der Waals surface area (Å²) in [7, 11) is 0. The maximum atomic E-state index is 12.9. The highest BCUT2D eigenvalue weighted by Gasteiger charge is 2.53. The minimum atomic E-state index is -0.474. The van der Waals surface area contributed by atoms with Gasteiger partial charge in [-0.05, 0) is 25.7 Å². The maximum absolute atomic E-state index is 12.9. The Bertz CT molecular complexity index is 682. The molecule has 4 rings (SSSR count). The van der Waals surface area contributed by atoms with Gasteiger partial charge in [0.25, 0.3) is 0 Å². The standard InChI is InChI=1S/C32H54O7/c1-3-5-7-9-11-13-15-25-27(37-25)17-19-35-31(33)23-21-29-30(39-29)22-24(23)32(34)36-20-18-28-26(38-28)16-14-12-10-8-6-4-2/h23-30H,3-22H2,1-2H3. The van der Waals surface area contributed by atoms with Crippen molar-refractivity contribution >= 4 is 11.9 Å². The zero-order valence-electron chi connectivity index (χ0n) is 24.6. The van der Waals surface area contributed by atoms with Gasteiger partial charge >= 0.3 is 11.9 Å². The second kappa shape index (κ2) is 16.3. The molecule has 0 bridgehead atoms. The van der Waals surface area contributed by atoms with E-state index in [4.69, 9.17) is 23.7 Å². The van der Waals surface area contributed by atoms with E-state index < -0.39 is 11.8 Å². The first-order chi connectivity index (χ1) is 19.1. The van der Waals surface area contributed by atoms with Crippen molar-refractivity contribution in [1.29, 1.82) is 0 Å². The minimum Gasteiger partial charge on any atom is -0.465 e. The molecule has 0 aromatic carbocycles. The smallest absolute Gasteiger partial charge is 0.309 e. The normalized spacial score (nSPS) is 32.4. The van der Waals surface area contributed by atoms with E-state index in [1.165, 1.54) is 77.0 Å². The van der Waals surface area contributed by atoms with Gasteiger partial charge in [0.15, 0.2) is 0 Å². The van der Waals surface area contributed by atoms with Gasteiger partial charge < -0.3 is 23.7 Å². The van der Waals surface area contributed by atoms with Crippen LogP contribution in [0.15, 0.2) is 0 Å². The number of hydrogen-bond donors (Lipinski definition) is 0. The fourth-order valence-corrected chi connectivity index (χ4v) is 6.34. The minimum absolute atomic E-state index is 0.0858. The van der Waals surface area contributed by atoms with Gasteiger partial charge in [-0.3, -0.25) is 9.59 Å². The molecule has 4 aliphatic rings. The molecule has 8 unspecified atom stereocenters. The van der Waals surface area contributed by atoms with E-state index in [-0.39, 0.29) is 36.4 Å². The molecule has 39 heavy (non-hydrogen) atoms. The lowest BCUT2D eigenvalue weighted by Crippen LogP contribution is -2.38. The molecule has 3 aliphatic heterocycles. The van der Waals surface area contributed by atoms with E-state index in [1.54, 1.807) is 0 Å². The van der Waals surface area contributed by atoms with E-state index in [9.17, 15) is 9.59 Å². The van der Waals surface area contributed by atoms with Crippen LogP contribution in [0.3, 0.4) is 0 Å². The molecule has 1 saturated carbocycles. The molecule has 7 heteroatoms. The molecule has 0 spiro atoms. The van der Waals surface area contributed by atoms with Crippen LogP contribution in [0.25, 0.3) is 0 Å². The second-order valence-corrected chi connectivity index (χ2v) is 12.3. The van der Waals surface area contributed by atoms with Crippen LogP contribution >= 0.6 is 0 Å². The third-order valence-electron chi connectivity index (χ3n) is 9.10. The average molecular weight is 551 g/mol. The van der Waals surface area contributed by atoms with Crippen molar-refractivity contribution in [3.05, 3.63) is 0 Å². The predicted octanol–water partition coefficient (Wildman–Crippen LogP) is 6.68. The highest BCUT2D eigenvalue weighted by atomic mass is 16.6. The van der Waals surface area contributed by atoms with Crippen LogP contribution in [-0.2, 0) is 33.3 Å². The molecular weight excluding hydrogens is 496 g/mol. The van der Waals surface area contributed by atoms with Gasteiger partial charge in [0.2, 0.25) is 0 Å². The van der Waals surface area contributed by atoms with Crippen molar-refractivity contribution in [2.24, 2.45) is 11.8 Å². The first-order valence-corrected chi connectivity index (χ1v) is 16.4. The molecule has 0 aromatic rings. The Morgan fingerprint density at radius 2 is 0.923 bits per heavy atom. The Balaban J connectivity index is 1.06. The van der Waals surface area contributed by atoms with Gasteiger partial charge in [-0.2, -0.15) is 0 Å². The second-order valence-electron chi connectivity index (χ2n) is 12.3. The lowest BCUT2D eigenvalue weighted by atomic mass is 9.79. The fraction of sp³-hybridized carbons (Fsp3) is 0.938. The maximum Gasteiger partial charge on any atom is 0.309 e. The van der Waals surface area contributed by atoms with Gasteiger partial charge in [0.1, 0.15) is 0 Å². The SMILES string of the molecule is CCCCCCCCC1OC1CCOC(=O)C1CC2OC2CC1C(=O)OCCC1OC1CCCCCCCC. The highest BCUT2D eigenvalue weighted by Crippen LogP contribution is 2.44. The zero-order valence-corrected chi connectivity index (χ0v) is 24.6. The molecule has 7 nitrogen and oxygen atoms in total. The number of hydrogen-bond acceptors (Lipinski definition) is 7. The van der Waals surface area contributed by atoms with Crippen LogP contribution in [-0.4, -0.2) is 61.8 Å². The first-order valence-electron chi connectivity index (χ1n) is 16.4. The van der Waals surface area contributed by atoms with Crippen molar-refractivity contribution < 1.29 is 33.3 Å². The van der Waals surface area contributed by atoms with Gasteiger partial charge in [-0.25, -0.2) is 0 Å². The van der Waals surface area contributed by atoms with Crippen LogP contribution in [0.1, 0.15) is 129 Å². The summed E-state index contributed by atoms with van der Waals surface area (Å²) in [6, 6.07) is 0. The summed E-state index contributed by atoms with van der Waals surface area (Å²) in [6.45, 7) is 5.18. The van der Waals surface area contributed by atoms with E-state index in [0.29, 0.717) is 38.3 Å². The van der Waals surface area contributed by atoms with Crippen LogP contribution < -0.4 is 0 Å². The van der Waals surface area contributed by atoms with E-state index >= 15 is 0 Å². The van der Waals surface area contributed by atoms with Crippen molar-refractivity contribution in [1.82, 2.24) is 0 Å². The summed E-state index contributed by atoms with van der Waals surface area (Å²) in [5.41, 5.74) is 0. The van der Waals surface area contributed by atoms with Gasteiger partial charge in [0, 0.05) is 12.8 Å². The van der Waals surface area contributed by atoms with Gasteiger partial charge in [-0.1, -0.05) is 90.9 Å². The van der Waals surface area contributed by atoms with Crippen molar-refractivity contribution in [3.8, 4) is 0 Å². The number of unbranched alkanes of at least 4 members (excludes halogenated alkanes) is 10. The van der Waals surface area contributed by atoms with E-state index in [0.717, 1.165) is 25.7 Å². The zero-order chi connectivity index (χ0) is 27.5. The molecule has 8 atom stereocenters. The summed E-state index contributed by atoms with van der Waals surface area (Å²) in [6.07, 6.45) is 21.5. The summed E-state index contributed by atoms with van der Waals surface area (Å²) < 4.78 is 28.5. The number of carbonyl (C=O) groups is 2. The Kier molecular flexibility index (Phi) is 12.9. The van der Waals surface area contributed by atoms with Crippen molar-refractivity contribution in [3.63, 3.8) is 0 Å². The predicted molar refractivity (Wildman–Crippen MR) is 149 cm³/mol. The van der Waals surface area contributed by atoms with Gasteiger partial charge in [-0.15, -0.1) is 0 Å². The highest BCUT2D eigenvalue weighted by molar-refractivity contribution is 5.82. The molecule has 0 aromatic heterocycles. The first kappa shape index (κ1) is 30.8. The Hall–Kier alpha value is -1.18. The molecule has 4 fully saturated rings. The van der Waals surface area contributed by atoms with Crippen LogP contribution in [0.5, 0.6) is 0 Å². The summed E-state index contributed by atoms with van der Waals surface area (Å²) in [5.74, 6) is -1.53. The van der Waals surface area contributed by atoms with Crippen LogP contribution in [0, 0.1) is 11.8 Å². The molecule has 0 N–H and O–H groups in total. The summed E-state index contributed by atoms with van der Waals surface area (Å²) in [4.78, 5) is 25.9.